The summed E-state index contributed by atoms with van der Waals surface area (Å²) in [6.07, 6.45) is 1.52. The van der Waals surface area contributed by atoms with Crippen LogP contribution in [-0.4, -0.2) is 26.3 Å². The maximum atomic E-state index is 12.1. The van der Waals surface area contributed by atoms with Gasteiger partial charge in [-0.2, -0.15) is 5.10 Å². The summed E-state index contributed by atoms with van der Waals surface area (Å²) in [6, 6.07) is 11.8. The largest absolute Gasteiger partial charge is 0.493 e. The number of hydrogen-bond donors (Lipinski definition) is 1. The summed E-state index contributed by atoms with van der Waals surface area (Å²) in [5, 5.41) is 5.05. The summed E-state index contributed by atoms with van der Waals surface area (Å²) in [6.45, 7) is 0. The number of hydrogen-bond acceptors (Lipinski definition) is 5. The van der Waals surface area contributed by atoms with E-state index in [0.717, 1.165) is 5.56 Å². The topological polar surface area (TPSA) is 73.1 Å². The van der Waals surface area contributed by atoms with E-state index in [0.29, 0.717) is 43.7 Å². The molecular weight excluding hydrogens is 451 g/mol. The first-order valence-corrected chi connectivity index (χ1v) is 9.82. The maximum absolute atomic E-state index is 12.1. The predicted octanol–water partition coefficient (Wildman–Crippen LogP) is 5.62. The van der Waals surface area contributed by atoms with Crippen molar-refractivity contribution in [2.45, 2.75) is 6.42 Å². The molecule has 3 rings (SSSR count). The maximum Gasteiger partial charge on any atom is 0.244 e. The summed E-state index contributed by atoms with van der Waals surface area (Å²) in [5.74, 6) is 1.78. The fourth-order valence-electron chi connectivity index (χ4n) is 2.66. The molecule has 0 atom stereocenters. The molecule has 156 valence electrons. The number of ether oxygens (including phenoxy) is 2. The van der Waals surface area contributed by atoms with Gasteiger partial charge >= 0.3 is 0 Å². The van der Waals surface area contributed by atoms with Crippen molar-refractivity contribution in [3.8, 4) is 22.8 Å². The van der Waals surface area contributed by atoms with Crippen LogP contribution in [-0.2, 0) is 11.2 Å². The monoisotopic (exact) mass is 466 g/mol. The molecule has 0 radical (unpaired) electrons. The molecule has 0 fully saturated rings. The van der Waals surface area contributed by atoms with Gasteiger partial charge in [0.05, 0.1) is 41.9 Å². The Kier molecular flexibility index (Phi) is 7.26. The normalized spacial score (nSPS) is 11.0. The smallest absolute Gasteiger partial charge is 0.244 e. The molecule has 0 saturated carbocycles. The molecule has 1 amide bonds. The third-order valence-corrected chi connectivity index (χ3v) is 5.13. The number of methoxy groups -OCH3 is 2. The SMILES string of the molecule is COc1ccc(CC(=O)N/N=C/c2ccc(-c3cc(Cl)c(Cl)cc3Cl)o2)cc1OC. The Bertz CT molecular complexity index is 1100. The van der Waals surface area contributed by atoms with Crippen molar-refractivity contribution < 1.29 is 18.7 Å². The van der Waals surface area contributed by atoms with E-state index < -0.39 is 0 Å². The lowest BCUT2D eigenvalue weighted by molar-refractivity contribution is -0.120. The molecule has 9 heteroatoms. The van der Waals surface area contributed by atoms with Crippen LogP contribution in [0.2, 0.25) is 15.1 Å². The van der Waals surface area contributed by atoms with Gasteiger partial charge in [-0.1, -0.05) is 40.9 Å². The van der Waals surface area contributed by atoms with Gasteiger partial charge in [0.2, 0.25) is 5.91 Å². The number of nitrogens with one attached hydrogen (secondary N) is 1. The van der Waals surface area contributed by atoms with Gasteiger partial charge in [0.1, 0.15) is 11.5 Å². The molecule has 1 aromatic heterocycles. The van der Waals surface area contributed by atoms with E-state index in [1.54, 1.807) is 49.6 Å². The van der Waals surface area contributed by atoms with Gasteiger partial charge in [0.15, 0.2) is 11.5 Å². The third kappa shape index (κ3) is 5.27. The second kappa shape index (κ2) is 9.89. The molecule has 0 aliphatic heterocycles. The third-order valence-electron chi connectivity index (χ3n) is 4.10. The summed E-state index contributed by atoms with van der Waals surface area (Å²) in [4.78, 5) is 12.1. The highest BCUT2D eigenvalue weighted by Crippen LogP contribution is 2.35. The lowest BCUT2D eigenvalue weighted by Gasteiger charge is -2.09. The van der Waals surface area contributed by atoms with Crippen molar-refractivity contribution in [2.75, 3.05) is 14.2 Å². The lowest BCUT2D eigenvalue weighted by atomic mass is 10.1. The van der Waals surface area contributed by atoms with Gasteiger partial charge in [-0.25, -0.2) is 5.43 Å². The quantitative estimate of drug-likeness (QED) is 0.278. The van der Waals surface area contributed by atoms with Gasteiger partial charge in [-0.15, -0.1) is 0 Å². The van der Waals surface area contributed by atoms with E-state index in [4.69, 9.17) is 48.7 Å². The number of carbonyl (C=O) groups excluding carboxylic acids is 1. The van der Waals surface area contributed by atoms with Crippen LogP contribution >= 0.6 is 34.8 Å². The van der Waals surface area contributed by atoms with Crippen LogP contribution in [0.1, 0.15) is 11.3 Å². The van der Waals surface area contributed by atoms with Crippen molar-refractivity contribution in [2.24, 2.45) is 5.10 Å². The van der Waals surface area contributed by atoms with E-state index in [9.17, 15) is 4.79 Å². The zero-order chi connectivity index (χ0) is 21.7. The molecule has 3 aromatic rings. The van der Waals surface area contributed by atoms with Crippen LogP contribution in [0.25, 0.3) is 11.3 Å². The molecular formula is C21H17Cl3N2O4. The van der Waals surface area contributed by atoms with Gasteiger partial charge in [0, 0.05) is 5.56 Å². The number of amides is 1. The number of hydrazone groups is 1. The van der Waals surface area contributed by atoms with Crippen molar-refractivity contribution >= 4 is 46.9 Å². The van der Waals surface area contributed by atoms with Crippen LogP contribution in [0.5, 0.6) is 11.5 Å². The first kappa shape index (κ1) is 22.0. The Morgan fingerprint density at radius 2 is 1.73 bits per heavy atom. The first-order chi connectivity index (χ1) is 14.4. The zero-order valence-electron chi connectivity index (χ0n) is 16.0. The van der Waals surface area contributed by atoms with Crippen molar-refractivity contribution in [3.63, 3.8) is 0 Å². The summed E-state index contributed by atoms with van der Waals surface area (Å²) < 4.78 is 16.1. The number of nitrogens with zero attached hydrogens (tertiary/aromatic N) is 1. The summed E-state index contributed by atoms with van der Waals surface area (Å²) in [5.41, 5.74) is 3.82. The van der Waals surface area contributed by atoms with E-state index in [2.05, 4.69) is 10.5 Å². The highest BCUT2D eigenvalue weighted by molar-refractivity contribution is 6.44. The molecule has 1 N–H and O–H groups in total. The zero-order valence-corrected chi connectivity index (χ0v) is 18.3. The molecule has 0 aliphatic rings. The van der Waals surface area contributed by atoms with Gasteiger partial charge in [0.25, 0.3) is 0 Å². The molecule has 0 spiro atoms. The van der Waals surface area contributed by atoms with Crippen molar-refractivity contribution in [1.29, 1.82) is 0 Å². The summed E-state index contributed by atoms with van der Waals surface area (Å²) in [7, 11) is 3.09. The molecule has 30 heavy (non-hydrogen) atoms. The molecule has 1 heterocycles. The Hall–Kier alpha value is -2.67. The van der Waals surface area contributed by atoms with Crippen molar-refractivity contribution in [3.05, 3.63) is 68.9 Å². The van der Waals surface area contributed by atoms with Crippen molar-refractivity contribution in [1.82, 2.24) is 5.43 Å². The van der Waals surface area contributed by atoms with Gasteiger partial charge in [-0.3, -0.25) is 4.79 Å². The van der Waals surface area contributed by atoms with Crippen LogP contribution in [0.3, 0.4) is 0 Å². The minimum absolute atomic E-state index is 0.125. The molecule has 0 saturated heterocycles. The molecule has 2 aromatic carbocycles. The van der Waals surface area contributed by atoms with E-state index in [1.807, 2.05) is 0 Å². The second-order valence-corrected chi connectivity index (χ2v) is 7.33. The lowest BCUT2D eigenvalue weighted by Crippen LogP contribution is -2.19. The van der Waals surface area contributed by atoms with Crippen LogP contribution in [0, 0.1) is 0 Å². The first-order valence-electron chi connectivity index (χ1n) is 8.69. The molecule has 6 nitrogen and oxygen atoms in total. The number of rotatable bonds is 7. The minimum Gasteiger partial charge on any atom is -0.493 e. The number of furan rings is 1. The average molecular weight is 468 g/mol. The van der Waals surface area contributed by atoms with E-state index >= 15 is 0 Å². The number of carbonyl (C=O) groups is 1. The molecule has 0 bridgehead atoms. The minimum atomic E-state index is -0.294. The van der Waals surface area contributed by atoms with Crippen LogP contribution in [0.15, 0.2) is 52.0 Å². The Labute approximate surface area is 188 Å². The Morgan fingerprint density at radius 3 is 2.47 bits per heavy atom. The number of benzene rings is 2. The Morgan fingerprint density at radius 1 is 1.00 bits per heavy atom. The highest BCUT2D eigenvalue weighted by atomic mass is 35.5. The van der Waals surface area contributed by atoms with Crippen LogP contribution < -0.4 is 14.9 Å². The van der Waals surface area contributed by atoms with Crippen LogP contribution in [0.4, 0.5) is 0 Å². The molecule has 0 unspecified atom stereocenters. The second-order valence-electron chi connectivity index (χ2n) is 6.11. The fraction of sp³-hybridized carbons (Fsp3) is 0.143. The fourth-order valence-corrected chi connectivity index (χ4v) is 3.30. The standard InChI is InChI=1S/C21H17Cl3N2O4/c1-28-19-5-3-12(7-20(19)29-2)8-21(27)26-25-11-13-4-6-18(30-13)14-9-16(23)17(24)10-15(14)22/h3-7,9-11H,8H2,1-2H3,(H,26,27)/b25-11+. The van der Waals surface area contributed by atoms with Gasteiger partial charge < -0.3 is 13.9 Å². The van der Waals surface area contributed by atoms with Gasteiger partial charge in [-0.05, 0) is 42.0 Å². The summed E-state index contributed by atoms with van der Waals surface area (Å²) >= 11 is 18.2. The predicted molar refractivity (Wildman–Crippen MR) is 118 cm³/mol. The van der Waals surface area contributed by atoms with E-state index in [1.165, 1.54) is 13.3 Å². The Balaban J connectivity index is 1.62. The number of halogens is 3. The highest BCUT2D eigenvalue weighted by Gasteiger charge is 2.12. The van der Waals surface area contributed by atoms with E-state index in [-0.39, 0.29) is 12.3 Å². The average Bonchev–Trinajstić information content (AvgIpc) is 3.19. The molecule has 0 aliphatic carbocycles.